The highest BCUT2D eigenvalue weighted by Crippen LogP contribution is 2.30. The van der Waals surface area contributed by atoms with Crippen LogP contribution in [-0.4, -0.2) is 25.1 Å². The van der Waals surface area contributed by atoms with Gasteiger partial charge in [0.25, 0.3) is 5.91 Å². The van der Waals surface area contributed by atoms with Gasteiger partial charge in [0.2, 0.25) is 0 Å². The van der Waals surface area contributed by atoms with E-state index >= 15 is 0 Å². The van der Waals surface area contributed by atoms with E-state index in [2.05, 4.69) is 17.0 Å². The molecule has 6 heteroatoms. The Balaban J connectivity index is 1.71. The summed E-state index contributed by atoms with van der Waals surface area (Å²) in [6.45, 7) is 1.35. The SMILES string of the molecule is NC(=O)c1cc(Cl)c(OC[C@H]2CCCN2c2ccccc2)cc1F. The predicted octanol–water partition coefficient (Wildman–Crippen LogP) is 3.63. The zero-order valence-corrected chi connectivity index (χ0v) is 13.8. The molecule has 1 amide bonds. The fourth-order valence-corrected chi connectivity index (χ4v) is 3.20. The van der Waals surface area contributed by atoms with Crippen LogP contribution in [0.5, 0.6) is 5.75 Å². The van der Waals surface area contributed by atoms with Crippen LogP contribution in [0.2, 0.25) is 5.02 Å². The van der Waals surface area contributed by atoms with Crippen molar-refractivity contribution in [2.75, 3.05) is 18.1 Å². The molecule has 1 atom stereocenters. The molecule has 3 rings (SSSR count). The molecule has 2 aromatic rings. The van der Waals surface area contributed by atoms with Crippen molar-refractivity contribution in [3.8, 4) is 5.75 Å². The summed E-state index contributed by atoms with van der Waals surface area (Å²) in [5, 5.41) is 0.175. The lowest BCUT2D eigenvalue weighted by Crippen LogP contribution is -2.34. The third-order valence-electron chi connectivity index (χ3n) is 4.18. The van der Waals surface area contributed by atoms with Gasteiger partial charge in [-0.05, 0) is 31.0 Å². The molecule has 0 spiro atoms. The number of hydrogen-bond donors (Lipinski definition) is 1. The van der Waals surface area contributed by atoms with Crippen LogP contribution >= 0.6 is 11.6 Å². The number of primary amides is 1. The smallest absolute Gasteiger partial charge is 0.251 e. The van der Waals surface area contributed by atoms with Gasteiger partial charge < -0.3 is 15.4 Å². The second-order valence-corrected chi connectivity index (χ2v) is 6.17. The lowest BCUT2D eigenvalue weighted by atomic mass is 10.2. The number of ether oxygens (including phenoxy) is 1. The maximum absolute atomic E-state index is 13.9. The van der Waals surface area contributed by atoms with Gasteiger partial charge in [-0.25, -0.2) is 4.39 Å². The van der Waals surface area contributed by atoms with Crippen LogP contribution in [-0.2, 0) is 0 Å². The normalized spacial score (nSPS) is 17.1. The van der Waals surface area contributed by atoms with Crippen LogP contribution < -0.4 is 15.4 Å². The Hall–Kier alpha value is -2.27. The molecule has 0 aliphatic carbocycles. The van der Waals surface area contributed by atoms with Crippen molar-refractivity contribution in [2.24, 2.45) is 5.73 Å². The van der Waals surface area contributed by atoms with Crippen LogP contribution in [0.3, 0.4) is 0 Å². The molecule has 1 fully saturated rings. The molecule has 1 heterocycles. The molecular weight excluding hydrogens is 331 g/mol. The van der Waals surface area contributed by atoms with E-state index in [0.29, 0.717) is 6.61 Å². The fraction of sp³-hybridized carbons (Fsp3) is 0.278. The van der Waals surface area contributed by atoms with Gasteiger partial charge in [0.05, 0.1) is 16.6 Å². The molecule has 0 bridgehead atoms. The highest BCUT2D eigenvalue weighted by molar-refractivity contribution is 6.32. The highest BCUT2D eigenvalue weighted by Gasteiger charge is 2.25. The van der Waals surface area contributed by atoms with Crippen molar-refractivity contribution in [1.29, 1.82) is 0 Å². The van der Waals surface area contributed by atoms with E-state index in [4.69, 9.17) is 22.1 Å². The summed E-state index contributed by atoms with van der Waals surface area (Å²) in [4.78, 5) is 13.4. The molecule has 126 valence electrons. The molecule has 2 aromatic carbocycles. The van der Waals surface area contributed by atoms with Gasteiger partial charge >= 0.3 is 0 Å². The lowest BCUT2D eigenvalue weighted by Gasteiger charge is -2.27. The van der Waals surface area contributed by atoms with Crippen molar-refractivity contribution in [1.82, 2.24) is 0 Å². The molecule has 1 aliphatic rings. The van der Waals surface area contributed by atoms with E-state index in [1.807, 2.05) is 18.2 Å². The quantitative estimate of drug-likeness (QED) is 0.897. The van der Waals surface area contributed by atoms with Crippen molar-refractivity contribution in [3.63, 3.8) is 0 Å². The predicted molar refractivity (Wildman–Crippen MR) is 92.2 cm³/mol. The minimum absolute atomic E-state index is 0.175. The number of nitrogens with zero attached hydrogens (tertiary/aromatic N) is 1. The number of halogens is 2. The monoisotopic (exact) mass is 348 g/mol. The Bertz CT molecular complexity index is 739. The van der Waals surface area contributed by atoms with E-state index in [9.17, 15) is 9.18 Å². The molecule has 0 aromatic heterocycles. The minimum atomic E-state index is -0.855. The Kier molecular flexibility index (Phi) is 4.90. The van der Waals surface area contributed by atoms with E-state index in [-0.39, 0.29) is 22.4 Å². The number of amides is 1. The summed E-state index contributed by atoms with van der Waals surface area (Å²) in [5.41, 5.74) is 6.01. The lowest BCUT2D eigenvalue weighted by molar-refractivity contribution is 0.0996. The zero-order chi connectivity index (χ0) is 17.1. The Morgan fingerprint density at radius 1 is 1.33 bits per heavy atom. The van der Waals surface area contributed by atoms with Gasteiger partial charge in [-0.2, -0.15) is 0 Å². The summed E-state index contributed by atoms with van der Waals surface area (Å²) in [6.07, 6.45) is 2.07. The molecule has 0 unspecified atom stereocenters. The molecule has 0 saturated carbocycles. The van der Waals surface area contributed by atoms with E-state index in [1.54, 1.807) is 0 Å². The number of para-hydroxylation sites is 1. The Labute approximate surface area is 145 Å². The second kappa shape index (κ2) is 7.09. The Morgan fingerprint density at radius 2 is 2.08 bits per heavy atom. The van der Waals surface area contributed by atoms with Crippen molar-refractivity contribution in [2.45, 2.75) is 18.9 Å². The van der Waals surface area contributed by atoms with Gasteiger partial charge in [0.15, 0.2) is 0 Å². The van der Waals surface area contributed by atoms with Crippen LogP contribution in [0, 0.1) is 5.82 Å². The number of nitrogens with two attached hydrogens (primary N) is 1. The number of carbonyl (C=O) groups excluding carboxylic acids is 1. The second-order valence-electron chi connectivity index (χ2n) is 5.76. The summed E-state index contributed by atoms with van der Waals surface area (Å²) in [6, 6.07) is 12.6. The van der Waals surface area contributed by atoms with E-state index < -0.39 is 11.7 Å². The maximum atomic E-state index is 13.9. The van der Waals surface area contributed by atoms with Gasteiger partial charge in [0.1, 0.15) is 18.2 Å². The van der Waals surface area contributed by atoms with Crippen LogP contribution in [0.4, 0.5) is 10.1 Å². The molecule has 4 nitrogen and oxygen atoms in total. The first-order valence-corrected chi connectivity index (χ1v) is 8.17. The topological polar surface area (TPSA) is 55.6 Å². The summed E-state index contributed by atoms with van der Waals surface area (Å²) in [7, 11) is 0. The molecule has 1 aliphatic heterocycles. The number of anilines is 1. The van der Waals surface area contributed by atoms with Gasteiger partial charge in [0, 0.05) is 18.3 Å². The number of hydrogen-bond acceptors (Lipinski definition) is 3. The standard InChI is InChI=1S/C18H18ClFN2O2/c19-15-9-14(18(21)23)16(20)10-17(15)24-11-13-7-4-8-22(13)12-5-2-1-3-6-12/h1-3,5-6,9-10,13H,4,7-8,11H2,(H2,21,23)/t13-/m1/s1. The summed E-state index contributed by atoms with van der Waals surface area (Å²) >= 11 is 6.07. The van der Waals surface area contributed by atoms with E-state index in [0.717, 1.165) is 31.1 Å². The maximum Gasteiger partial charge on any atom is 0.251 e. The average molecular weight is 349 g/mol. The third kappa shape index (κ3) is 3.46. The van der Waals surface area contributed by atoms with E-state index in [1.165, 1.54) is 6.07 Å². The summed E-state index contributed by atoms with van der Waals surface area (Å²) in [5.74, 6) is -1.36. The number of benzene rings is 2. The molecular formula is C18H18ClFN2O2. The number of rotatable bonds is 5. The van der Waals surface area contributed by atoms with Crippen LogP contribution in [0.15, 0.2) is 42.5 Å². The van der Waals surface area contributed by atoms with Crippen molar-refractivity contribution in [3.05, 3.63) is 58.9 Å². The number of carbonyl (C=O) groups is 1. The van der Waals surface area contributed by atoms with Crippen molar-refractivity contribution >= 4 is 23.2 Å². The molecule has 0 radical (unpaired) electrons. The first-order chi connectivity index (χ1) is 11.6. The Morgan fingerprint density at radius 3 is 2.79 bits per heavy atom. The first kappa shape index (κ1) is 16.6. The van der Waals surface area contributed by atoms with Crippen LogP contribution in [0.25, 0.3) is 0 Å². The summed E-state index contributed by atoms with van der Waals surface area (Å²) < 4.78 is 19.6. The van der Waals surface area contributed by atoms with Gasteiger partial charge in [-0.15, -0.1) is 0 Å². The first-order valence-electron chi connectivity index (χ1n) is 7.79. The van der Waals surface area contributed by atoms with Crippen LogP contribution in [0.1, 0.15) is 23.2 Å². The molecule has 24 heavy (non-hydrogen) atoms. The third-order valence-corrected chi connectivity index (χ3v) is 4.48. The minimum Gasteiger partial charge on any atom is -0.490 e. The fourth-order valence-electron chi connectivity index (χ4n) is 2.98. The van der Waals surface area contributed by atoms with Crippen molar-refractivity contribution < 1.29 is 13.9 Å². The largest absolute Gasteiger partial charge is 0.490 e. The van der Waals surface area contributed by atoms with Gasteiger partial charge in [-0.1, -0.05) is 29.8 Å². The molecule has 1 saturated heterocycles. The van der Waals surface area contributed by atoms with Gasteiger partial charge in [-0.3, -0.25) is 4.79 Å². The zero-order valence-electron chi connectivity index (χ0n) is 13.0. The molecule has 2 N–H and O–H groups in total. The average Bonchev–Trinajstić information content (AvgIpc) is 3.04. The highest BCUT2D eigenvalue weighted by atomic mass is 35.5.